The van der Waals surface area contributed by atoms with Crippen molar-refractivity contribution in [3.8, 4) is 11.3 Å². The van der Waals surface area contributed by atoms with E-state index in [9.17, 15) is 14.7 Å². The molecule has 1 aliphatic heterocycles. The average molecular weight is 527 g/mol. The van der Waals surface area contributed by atoms with Crippen LogP contribution in [0.1, 0.15) is 45.9 Å². The Bertz CT molecular complexity index is 1490. The number of nitrogens with one attached hydrogen (secondary N) is 2. The van der Waals surface area contributed by atoms with Gasteiger partial charge in [0.2, 0.25) is 5.91 Å². The molecular formula is C29H26N4O4S. The van der Waals surface area contributed by atoms with Gasteiger partial charge in [-0.3, -0.25) is 9.78 Å². The summed E-state index contributed by atoms with van der Waals surface area (Å²) in [6.07, 6.45) is 1.92. The largest absolute Gasteiger partial charge is 0.478 e. The molecule has 0 bridgehead atoms. The molecule has 1 aliphatic rings. The van der Waals surface area contributed by atoms with E-state index in [1.54, 1.807) is 36.5 Å². The average Bonchev–Trinajstić information content (AvgIpc) is 3.53. The zero-order valence-corrected chi connectivity index (χ0v) is 21.4. The molecule has 1 amide bonds. The molecule has 2 atom stereocenters. The Morgan fingerprint density at radius 3 is 2.58 bits per heavy atom. The number of benzene rings is 2. The van der Waals surface area contributed by atoms with Crippen LogP contribution in [0.5, 0.6) is 0 Å². The number of carbonyl (C=O) groups is 2. The van der Waals surface area contributed by atoms with Crippen LogP contribution in [0.4, 0.5) is 5.69 Å². The van der Waals surface area contributed by atoms with Crippen LogP contribution in [0.25, 0.3) is 11.3 Å². The van der Waals surface area contributed by atoms with Gasteiger partial charge in [0.1, 0.15) is 17.6 Å². The Kier molecular flexibility index (Phi) is 7.19. The third-order valence-corrected chi connectivity index (χ3v) is 6.89. The molecule has 0 unspecified atom stereocenters. The lowest BCUT2D eigenvalue weighted by molar-refractivity contribution is -0.116. The number of anilines is 1. The van der Waals surface area contributed by atoms with Crippen LogP contribution >= 0.6 is 12.2 Å². The highest BCUT2D eigenvalue weighted by molar-refractivity contribution is 7.80. The number of nitrogens with zero attached hydrogens (tertiary/aromatic N) is 2. The lowest BCUT2D eigenvalue weighted by Gasteiger charge is -2.26. The van der Waals surface area contributed by atoms with Crippen molar-refractivity contribution >= 4 is 34.9 Å². The standard InChI is InChI=1S/C29H26N4O4S/c1-18-8-2-5-11-21(18)31-25(34)15-17-33-27(26(32-29(33)38)22-12-6-7-16-30-22)24-14-13-23(37-24)19-9-3-4-10-20(19)28(35)36/h2-14,16,26-27H,15,17H2,1H3,(H,31,34)(H,32,38)(H,35,36)/t26-,27-/m0/s1. The minimum absolute atomic E-state index is 0.127. The number of aromatic carboxylic acids is 1. The summed E-state index contributed by atoms with van der Waals surface area (Å²) in [6.45, 7) is 2.29. The SMILES string of the molecule is Cc1ccccc1NC(=O)CCN1C(=S)N[C@@H](c2ccccn2)[C@@H]1c1ccc(-c2ccccc2C(=O)O)o1. The molecule has 4 aromatic rings. The molecule has 3 heterocycles. The molecule has 2 aromatic carbocycles. The maximum Gasteiger partial charge on any atom is 0.336 e. The number of carboxylic acid groups (broad SMARTS) is 1. The van der Waals surface area contributed by atoms with Gasteiger partial charge in [-0.25, -0.2) is 4.79 Å². The van der Waals surface area contributed by atoms with Gasteiger partial charge in [-0.1, -0.05) is 42.5 Å². The van der Waals surface area contributed by atoms with E-state index in [4.69, 9.17) is 16.6 Å². The molecule has 5 rings (SSSR count). The number of para-hydroxylation sites is 1. The summed E-state index contributed by atoms with van der Waals surface area (Å²) >= 11 is 5.69. The molecule has 1 fully saturated rings. The number of aryl methyl sites for hydroxylation is 1. The van der Waals surface area contributed by atoms with Crippen LogP contribution in [0.3, 0.4) is 0 Å². The number of pyridine rings is 1. The van der Waals surface area contributed by atoms with Crippen LogP contribution in [-0.4, -0.2) is 38.5 Å². The maximum atomic E-state index is 12.8. The van der Waals surface area contributed by atoms with E-state index < -0.39 is 12.0 Å². The molecule has 9 heteroatoms. The van der Waals surface area contributed by atoms with Crippen molar-refractivity contribution < 1.29 is 19.1 Å². The summed E-state index contributed by atoms with van der Waals surface area (Å²) in [5, 5.41) is 16.4. The summed E-state index contributed by atoms with van der Waals surface area (Å²) in [5.74, 6) is -0.136. The summed E-state index contributed by atoms with van der Waals surface area (Å²) < 4.78 is 6.26. The number of carboxylic acids is 1. The Morgan fingerprint density at radius 2 is 1.82 bits per heavy atom. The van der Waals surface area contributed by atoms with Gasteiger partial charge in [0, 0.05) is 30.4 Å². The van der Waals surface area contributed by atoms with Gasteiger partial charge in [-0.15, -0.1) is 0 Å². The highest BCUT2D eigenvalue weighted by Gasteiger charge is 2.41. The molecule has 192 valence electrons. The van der Waals surface area contributed by atoms with E-state index in [2.05, 4.69) is 15.6 Å². The lowest BCUT2D eigenvalue weighted by Crippen LogP contribution is -2.32. The number of amides is 1. The molecule has 0 saturated carbocycles. The second kappa shape index (κ2) is 10.9. The van der Waals surface area contributed by atoms with Crippen molar-refractivity contribution in [1.29, 1.82) is 0 Å². The van der Waals surface area contributed by atoms with Crippen LogP contribution in [0.2, 0.25) is 0 Å². The van der Waals surface area contributed by atoms with Crippen LogP contribution in [-0.2, 0) is 4.79 Å². The smallest absolute Gasteiger partial charge is 0.336 e. The number of hydrogen-bond acceptors (Lipinski definition) is 5. The number of carbonyl (C=O) groups excluding carboxylic acids is 1. The summed E-state index contributed by atoms with van der Waals surface area (Å²) in [7, 11) is 0. The molecule has 38 heavy (non-hydrogen) atoms. The summed E-state index contributed by atoms with van der Waals surface area (Å²) in [5.41, 5.74) is 3.17. The van der Waals surface area contributed by atoms with Gasteiger partial charge in [-0.05, 0) is 61.1 Å². The number of aromatic nitrogens is 1. The van der Waals surface area contributed by atoms with E-state index >= 15 is 0 Å². The first-order chi connectivity index (χ1) is 18.4. The summed E-state index contributed by atoms with van der Waals surface area (Å²) in [4.78, 5) is 31.0. The third-order valence-electron chi connectivity index (χ3n) is 6.54. The van der Waals surface area contributed by atoms with E-state index in [0.717, 1.165) is 16.9 Å². The minimum Gasteiger partial charge on any atom is -0.478 e. The second-order valence-electron chi connectivity index (χ2n) is 8.99. The van der Waals surface area contributed by atoms with E-state index in [0.29, 0.717) is 28.7 Å². The second-order valence-corrected chi connectivity index (χ2v) is 9.37. The van der Waals surface area contributed by atoms with Crippen molar-refractivity contribution in [3.63, 3.8) is 0 Å². The zero-order chi connectivity index (χ0) is 26.6. The molecule has 0 radical (unpaired) electrons. The molecule has 2 aromatic heterocycles. The van der Waals surface area contributed by atoms with Gasteiger partial charge < -0.3 is 25.1 Å². The minimum atomic E-state index is -1.03. The Balaban J connectivity index is 1.43. The van der Waals surface area contributed by atoms with Crippen molar-refractivity contribution in [2.24, 2.45) is 0 Å². The van der Waals surface area contributed by atoms with E-state index in [1.807, 2.05) is 60.4 Å². The molecule has 0 spiro atoms. The first-order valence-corrected chi connectivity index (χ1v) is 12.6. The van der Waals surface area contributed by atoms with Crippen LogP contribution < -0.4 is 10.6 Å². The highest BCUT2D eigenvalue weighted by atomic mass is 32.1. The van der Waals surface area contributed by atoms with Gasteiger partial charge in [-0.2, -0.15) is 0 Å². The lowest BCUT2D eigenvalue weighted by atomic mass is 10.0. The van der Waals surface area contributed by atoms with Crippen LogP contribution in [0.15, 0.2) is 89.5 Å². The van der Waals surface area contributed by atoms with E-state index in [1.165, 1.54) is 0 Å². The number of rotatable bonds is 8. The van der Waals surface area contributed by atoms with Gasteiger partial charge in [0.15, 0.2) is 5.11 Å². The Labute approximate surface area is 225 Å². The highest BCUT2D eigenvalue weighted by Crippen LogP contribution is 2.40. The predicted octanol–water partition coefficient (Wildman–Crippen LogP) is 5.35. The van der Waals surface area contributed by atoms with Crippen molar-refractivity contribution in [2.45, 2.75) is 25.4 Å². The van der Waals surface area contributed by atoms with Crippen LogP contribution in [0, 0.1) is 6.92 Å². The fourth-order valence-corrected chi connectivity index (χ4v) is 4.98. The Morgan fingerprint density at radius 1 is 1.05 bits per heavy atom. The van der Waals surface area contributed by atoms with Gasteiger partial charge in [0.25, 0.3) is 0 Å². The molecule has 3 N–H and O–H groups in total. The fraction of sp³-hybridized carbons (Fsp3) is 0.172. The number of hydrogen-bond donors (Lipinski definition) is 3. The first kappa shape index (κ1) is 25.2. The normalized spacial score (nSPS) is 16.8. The number of furan rings is 1. The first-order valence-electron chi connectivity index (χ1n) is 12.2. The number of thiocarbonyl (C=S) groups is 1. The monoisotopic (exact) mass is 526 g/mol. The maximum absolute atomic E-state index is 12.8. The van der Waals surface area contributed by atoms with E-state index in [-0.39, 0.29) is 23.9 Å². The molecular weight excluding hydrogens is 500 g/mol. The molecule has 0 aliphatic carbocycles. The summed E-state index contributed by atoms with van der Waals surface area (Å²) in [6, 6.07) is 22.8. The topological polar surface area (TPSA) is 108 Å². The molecule has 8 nitrogen and oxygen atoms in total. The Hall–Kier alpha value is -4.50. The third kappa shape index (κ3) is 5.14. The molecule has 1 saturated heterocycles. The predicted molar refractivity (Wildman–Crippen MR) is 148 cm³/mol. The van der Waals surface area contributed by atoms with Crippen molar-refractivity contribution in [2.75, 3.05) is 11.9 Å². The van der Waals surface area contributed by atoms with Gasteiger partial charge in [0.05, 0.1) is 17.3 Å². The quantitative estimate of drug-likeness (QED) is 0.264. The van der Waals surface area contributed by atoms with Crippen molar-refractivity contribution in [1.82, 2.24) is 15.2 Å². The fourth-order valence-electron chi connectivity index (χ4n) is 4.64. The van der Waals surface area contributed by atoms with Gasteiger partial charge >= 0.3 is 5.97 Å². The van der Waals surface area contributed by atoms with Crippen molar-refractivity contribution in [3.05, 3.63) is 108 Å². The zero-order valence-electron chi connectivity index (χ0n) is 20.6.